The summed E-state index contributed by atoms with van der Waals surface area (Å²) in [5.41, 5.74) is 2.06. The van der Waals surface area contributed by atoms with Crippen molar-refractivity contribution in [3.8, 4) is 12.5 Å². The molecule has 0 amide bonds. The standard InChI is InChI=1S/C13H14N2O/c1-2-14-11-3-5-12(6-4-11)15-9-7-13(16)8-10-15/h1,3-6,14H,7-10H2. The minimum absolute atomic E-state index is 0.363. The normalized spacial score (nSPS) is 15.7. The van der Waals surface area contributed by atoms with Crippen molar-refractivity contribution < 1.29 is 4.79 Å². The molecule has 0 saturated carbocycles. The molecule has 16 heavy (non-hydrogen) atoms. The van der Waals surface area contributed by atoms with E-state index in [1.165, 1.54) is 0 Å². The fourth-order valence-electron chi connectivity index (χ4n) is 1.85. The number of rotatable bonds is 2. The summed E-state index contributed by atoms with van der Waals surface area (Å²) in [5, 5.41) is 2.80. The Kier molecular flexibility index (Phi) is 3.11. The number of Topliss-reactive ketones (excluding diaryl/α,β-unsaturated/α-hetero) is 1. The van der Waals surface area contributed by atoms with Gasteiger partial charge in [0.2, 0.25) is 0 Å². The number of benzene rings is 1. The van der Waals surface area contributed by atoms with Crippen LogP contribution in [0, 0.1) is 12.5 Å². The van der Waals surface area contributed by atoms with Gasteiger partial charge in [0.1, 0.15) is 5.78 Å². The van der Waals surface area contributed by atoms with E-state index in [2.05, 4.69) is 16.3 Å². The molecule has 1 N–H and O–H groups in total. The molecule has 1 aromatic rings. The second-order valence-corrected chi connectivity index (χ2v) is 3.84. The number of piperidine rings is 1. The van der Waals surface area contributed by atoms with Crippen LogP contribution in [0.15, 0.2) is 24.3 Å². The molecule has 82 valence electrons. The topological polar surface area (TPSA) is 32.3 Å². The molecule has 1 aromatic carbocycles. The third-order valence-electron chi connectivity index (χ3n) is 2.77. The quantitative estimate of drug-likeness (QED) is 0.602. The summed E-state index contributed by atoms with van der Waals surface area (Å²) in [6, 6.07) is 10.3. The summed E-state index contributed by atoms with van der Waals surface area (Å²) in [6.45, 7) is 1.64. The fourth-order valence-corrected chi connectivity index (χ4v) is 1.85. The van der Waals surface area contributed by atoms with Crippen molar-refractivity contribution in [3.05, 3.63) is 24.3 Å². The zero-order valence-electron chi connectivity index (χ0n) is 9.07. The summed E-state index contributed by atoms with van der Waals surface area (Å²) in [7, 11) is 0. The van der Waals surface area contributed by atoms with E-state index in [1.54, 1.807) is 0 Å². The van der Waals surface area contributed by atoms with Gasteiger partial charge in [0.25, 0.3) is 0 Å². The number of ketones is 1. The van der Waals surface area contributed by atoms with Gasteiger partial charge >= 0.3 is 0 Å². The highest BCUT2D eigenvalue weighted by molar-refractivity contribution is 5.81. The molecule has 1 saturated heterocycles. The van der Waals surface area contributed by atoms with E-state index < -0.39 is 0 Å². The third-order valence-corrected chi connectivity index (χ3v) is 2.77. The van der Waals surface area contributed by atoms with Crippen molar-refractivity contribution in [2.75, 3.05) is 23.3 Å². The van der Waals surface area contributed by atoms with E-state index >= 15 is 0 Å². The zero-order chi connectivity index (χ0) is 11.4. The minimum atomic E-state index is 0.363. The number of carbonyl (C=O) groups is 1. The summed E-state index contributed by atoms with van der Waals surface area (Å²) >= 11 is 0. The molecule has 0 aromatic heterocycles. The lowest BCUT2D eigenvalue weighted by Gasteiger charge is -2.28. The van der Waals surface area contributed by atoms with Gasteiger partial charge in [-0.25, -0.2) is 0 Å². The maximum absolute atomic E-state index is 11.1. The van der Waals surface area contributed by atoms with Gasteiger partial charge in [-0.05, 0) is 24.3 Å². The number of hydrogen-bond acceptors (Lipinski definition) is 3. The molecule has 0 radical (unpaired) electrons. The van der Waals surface area contributed by atoms with Crippen LogP contribution in [-0.4, -0.2) is 18.9 Å². The average molecular weight is 214 g/mol. The molecule has 1 heterocycles. The predicted molar refractivity (Wildman–Crippen MR) is 65.4 cm³/mol. The number of carbonyl (C=O) groups excluding carboxylic acids is 1. The van der Waals surface area contributed by atoms with Crippen molar-refractivity contribution >= 4 is 17.2 Å². The molecule has 3 heteroatoms. The van der Waals surface area contributed by atoms with Crippen molar-refractivity contribution in [1.82, 2.24) is 0 Å². The maximum Gasteiger partial charge on any atom is 0.136 e. The van der Waals surface area contributed by atoms with Gasteiger partial charge in [-0.3, -0.25) is 4.79 Å². The van der Waals surface area contributed by atoms with E-state index in [1.807, 2.05) is 24.3 Å². The van der Waals surface area contributed by atoms with Crippen molar-refractivity contribution in [2.45, 2.75) is 12.8 Å². The van der Waals surface area contributed by atoms with E-state index in [4.69, 9.17) is 6.42 Å². The van der Waals surface area contributed by atoms with Gasteiger partial charge in [-0.1, -0.05) is 6.42 Å². The molecule has 0 spiro atoms. The summed E-state index contributed by atoms with van der Waals surface area (Å²) in [6.07, 6.45) is 6.46. The molecular formula is C13H14N2O. The van der Waals surface area contributed by atoms with Crippen LogP contribution in [0.2, 0.25) is 0 Å². The highest BCUT2D eigenvalue weighted by atomic mass is 16.1. The Hall–Kier alpha value is -1.95. The number of nitrogens with zero attached hydrogens (tertiary/aromatic N) is 1. The number of nitrogens with one attached hydrogen (secondary N) is 1. The highest BCUT2D eigenvalue weighted by Crippen LogP contribution is 2.20. The Bertz CT molecular complexity index is 407. The van der Waals surface area contributed by atoms with Crippen LogP contribution in [0.4, 0.5) is 11.4 Å². The third kappa shape index (κ3) is 2.34. The summed E-state index contributed by atoms with van der Waals surface area (Å²) < 4.78 is 0. The Morgan fingerprint density at radius 1 is 1.19 bits per heavy atom. The van der Waals surface area contributed by atoms with Crippen molar-refractivity contribution in [1.29, 1.82) is 0 Å². The average Bonchev–Trinajstić information content (AvgIpc) is 2.32. The molecule has 0 aliphatic carbocycles. The molecule has 1 aliphatic heterocycles. The zero-order valence-corrected chi connectivity index (χ0v) is 9.07. The first kappa shape index (κ1) is 10.6. The Labute approximate surface area is 95.5 Å². The van der Waals surface area contributed by atoms with Crippen LogP contribution in [0.1, 0.15) is 12.8 Å². The lowest BCUT2D eigenvalue weighted by atomic mass is 10.1. The molecule has 0 unspecified atom stereocenters. The number of anilines is 2. The van der Waals surface area contributed by atoms with E-state index in [9.17, 15) is 4.79 Å². The Balaban J connectivity index is 2.04. The van der Waals surface area contributed by atoms with Gasteiger partial charge in [0.05, 0.1) is 0 Å². The maximum atomic E-state index is 11.1. The van der Waals surface area contributed by atoms with Crippen LogP contribution >= 0.6 is 0 Å². The Morgan fingerprint density at radius 3 is 2.38 bits per heavy atom. The molecule has 0 bridgehead atoms. The van der Waals surface area contributed by atoms with Crippen LogP contribution in [0.5, 0.6) is 0 Å². The van der Waals surface area contributed by atoms with E-state index in [-0.39, 0.29) is 0 Å². The lowest BCUT2D eigenvalue weighted by molar-refractivity contribution is -0.119. The van der Waals surface area contributed by atoms with Crippen LogP contribution in [0.25, 0.3) is 0 Å². The monoisotopic (exact) mass is 214 g/mol. The van der Waals surface area contributed by atoms with Crippen molar-refractivity contribution in [2.24, 2.45) is 0 Å². The number of hydrogen-bond donors (Lipinski definition) is 1. The van der Waals surface area contributed by atoms with E-state index in [0.29, 0.717) is 18.6 Å². The molecule has 0 atom stereocenters. The first-order chi connectivity index (χ1) is 7.79. The van der Waals surface area contributed by atoms with Gasteiger partial charge in [-0.2, -0.15) is 0 Å². The molecule has 1 aliphatic rings. The highest BCUT2D eigenvalue weighted by Gasteiger charge is 2.15. The predicted octanol–water partition coefficient (Wildman–Crippen LogP) is 1.86. The molecular weight excluding hydrogens is 200 g/mol. The first-order valence-corrected chi connectivity index (χ1v) is 5.38. The summed E-state index contributed by atoms with van der Waals surface area (Å²) in [5.74, 6) is 0.363. The van der Waals surface area contributed by atoms with Gasteiger partial charge in [0.15, 0.2) is 0 Å². The smallest absolute Gasteiger partial charge is 0.136 e. The van der Waals surface area contributed by atoms with Gasteiger partial charge < -0.3 is 10.2 Å². The molecule has 2 rings (SSSR count). The van der Waals surface area contributed by atoms with Gasteiger partial charge in [0, 0.05) is 43.4 Å². The van der Waals surface area contributed by atoms with E-state index in [0.717, 1.165) is 24.5 Å². The van der Waals surface area contributed by atoms with Crippen LogP contribution in [-0.2, 0) is 4.79 Å². The fraction of sp³-hybridized carbons (Fsp3) is 0.308. The largest absolute Gasteiger partial charge is 0.371 e. The van der Waals surface area contributed by atoms with Crippen molar-refractivity contribution in [3.63, 3.8) is 0 Å². The number of terminal acetylenes is 1. The minimum Gasteiger partial charge on any atom is -0.371 e. The van der Waals surface area contributed by atoms with Crippen LogP contribution in [0.3, 0.4) is 0 Å². The van der Waals surface area contributed by atoms with Gasteiger partial charge in [-0.15, -0.1) is 0 Å². The molecule has 3 nitrogen and oxygen atoms in total. The lowest BCUT2D eigenvalue weighted by Crippen LogP contribution is -2.33. The SMILES string of the molecule is C#CNc1ccc(N2CCC(=O)CC2)cc1. The second-order valence-electron chi connectivity index (χ2n) is 3.84. The first-order valence-electron chi connectivity index (χ1n) is 5.38. The Morgan fingerprint density at radius 2 is 1.81 bits per heavy atom. The van der Waals surface area contributed by atoms with Crippen LogP contribution < -0.4 is 10.2 Å². The second kappa shape index (κ2) is 4.71. The summed E-state index contributed by atoms with van der Waals surface area (Å²) in [4.78, 5) is 13.3. The molecule has 1 fully saturated rings.